The normalized spacial score (nSPS) is 11.1. The fourth-order valence-electron chi connectivity index (χ4n) is 3.08. The van der Waals surface area contributed by atoms with Crippen LogP contribution >= 0.6 is 34.5 Å². The number of fused-ring (bicyclic) bond motifs is 3. The summed E-state index contributed by atoms with van der Waals surface area (Å²) in [5.41, 5.74) is 2.03. The minimum Gasteiger partial charge on any atom is -0.495 e. The molecule has 4 nitrogen and oxygen atoms in total. The third-order valence-electron chi connectivity index (χ3n) is 4.36. The van der Waals surface area contributed by atoms with Gasteiger partial charge in [0.15, 0.2) is 0 Å². The van der Waals surface area contributed by atoms with Crippen LogP contribution < -0.4 is 10.1 Å². The van der Waals surface area contributed by atoms with Crippen LogP contribution in [0.1, 0.15) is 15.9 Å². The highest BCUT2D eigenvalue weighted by molar-refractivity contribution is 7.26. The third kappa shape index (κ3) is 3.02. The molecule has 0 fully saturated rings. The summed E-state index contributed by atoms with van der Waals surface area (Å²) >= 11 is 13.9. The van der Waals surface area contributed by atoms with Crippen molar-refractivity contribution >= 4 is 66.3 Å². The van der Waals surface area contributed by atoms with Gasteiger partial charge in [-0.25, -0.2) is 0 Å². The summed E-state index contributed by atoms with van der Waals surface area (Å²) in [6.45, 7) is 2.06. The molecule has 0 saturated heterocycles. The number of aryl methyl sites for hydroxylation is 1. The maximum atomic E-state index is 13.1. The van der Waals surface area contributed by atoms with Crippen LogP contribution in [0.3, 0.4) is 0 Å². The second-order valence-electron chi connectivity index (χ2n) is 6.01. The zero-order valence-corrected chi connectivity index (χ0v) is 16.8. The molecule has 4 rings (SSSR count). The number of amides is 1. The van der Waals surface area contributed by atoms with Crippen molar-refractivity contribution in [1.29, 1.82) is 0 Å². The zero-order valence-electron chi connectivity index (χ0n) is 14.5. The number of benzene rings is 2. The summed E-state index contributed by atoms with van der Waals surface area (Å²) in [4.78, 5) is 17.0. The average Bonchev–Trinajstić information content (AvgIpc) is 3.05. The Hall–Kier alpha value is -2.34. The van der Waals surface area contributed by atoms with Gasteiger partial charge >= 0.3 is 0 Å². The van der Waals surface area contributed by atoms with E-state index in [1.54, 1.807) is 30.6 Å². The van der Waals surface area contributed by atoms with E-state index in [9.17, 15) is 4.79 Å². The van der Waals surface area contributed by atoms with E-state index < -0.39 is 0 Å². The number of rotatable bonds is 3. The Kier molecular flexibility index (Phi) is 4.68. The number of carbonyl (C=O) groups is 1. The molecule has 2 aromatic carbocycles. The maximum absolute atomic E-state index is 13.1. The van der Waals surface area contributed by atoms with E-state index in [1.807, 2.05) is 12.1 Å². The number of anilines is 1. The van der Waals surface area contributed by atoms with Crippen molar-refractivity contribution < 1.29 is 9.53 Å². The molecule has 0 unspecified atom stereocenters. The van der Waals surface area contributed by atoms with E-state index in [-0.39, 0.29) is 16.0 Å². The van der Waals surface area contributed by atoms with Crippen LogP contribution in [0.5, 0.6) is 5.75 Å². The molecule has 1 amide bonds. The van der Waals surface area contributed by atoms with Crippen molar-refractivity contribution in [2.45, 2.75) is 6.92 Å². The Bertz CT molecular complexity index is 1180. The first-order valence-corrected chi connectivity index (χ1v) is 9.67. The van der Waals surface area contributed by atoms with Gasteiger partial charge in [-0.1, -0.05) is 41.4 Å². The number of pyridine rings is 1. The summed E-state index contributed by atoms with van der Waals surface area (Å²) in [5, 5.41) is 5.26. The highest BCUT2D eigenvalue weighted by Gasteiger charge is 2.20. The first-order valence-electron chi connectivity index (χ1n) is 8.10. The highest BCUT2D eigenvalue weighted by atomic mass is 35.5. The highest BCUT2D eigenvalue weighted by Crippen LogP contribution is 2.42. The number of nitrogens with one attached hydrogen (secondary N) is 1. The van der Waals surface area contributed by atoms with E-state index in [0.717, 1.165) is 31.5 Å². The molecule has 0 radical (unpaired) electrons. The van der Waals surface area contributed by atoms with E-state index in [1.165, 1.54) is 12.4 Å². The van der Waals surface area contributed by atoms with Crippen molar-refractivity contribution in [3.63, 3.8) is 0 Å². The van der Waals surface area contributed by atoms with Crippen LogP contribution in [-0.2, 0) is 0 Å². The van der Waals surface area contributed by atoms with E-state index in [2.05, 4.69) is 23.3 Å². The lowest BCUT2D eigenvalue weighted by Gasteiger charge is -2.11. The molecule has 0 aliphatic carbocycles. The number of nitrogens with zero attached hydrogens (tertiary/aromatic N) is 1. The SMILES string of the molecule is COc1ccc(C(=O)Nc2c(Cl)cncc2Cl)c2c1sc1c(C)cccc12. The van der Waals surface area contributed by atoms with Crippen LogP contribution in [0.4, 0.5) is 5.69 Å². The Morgan fingerprint density at radius 1 is 1.11 bits per heavy atom. The monoisotopic (exact) mass is 416 g/mol. The summed E-state index contributed by atoms with van der Waals surface area (Å²) in [6.07, 6.45) is 2.88. The number of carbonyl (C=O) groups excluding carboxylic acids is 1. The standard InChI is InChI=1S/C20H14Cl2N2O2S/c1-10-4-3-5-11-16-12(6-7-15(26-2)19(16)27-18(10)11)20(25)24-17-13(21)8-23-9-14(17)22/h3-9H,1-2H3,(H,23,24,25). The van der Waals surface area contributed by atoms with Gasteiger partial charge in [0, 0.05) is 33.4 Å². The molecule has 0 atom stereocenters. The third-order valence-corrected chi connectivity index (χ3v) is 6.29. The second-order valence-corrected chi connectivity index (χ2v) is 7.84. The Balaban J connectivity index is 1.93. The van der Waals surface area contributed by atoms with Gasteiger partial charge in [0.05, 0.1) is 27.5 Å². The zero-order chi connectivity index (χ0) is 19.1. The Morgan fingerprint density at radius 3 is 2.56 bits per heavy atom. The van der Waals surface area contributed by atoms with Crippen molar-refractivity contribution in [1.82, 2.24) is 4.98 Å². The lowest BCUT2D eigenvalue weighted by molar-refractivity contribution is 0.102. The lowest BCUT2D eigenvalue weighted by Crippen LogP contribution is -2.13. The molecule has 2 aromatic heterocycles. The maximum Gasteiger partial charge on any atom is 0.256 e. The second kappa shape index (κ2) is 7.00. The number of hydrogen-bond acceptors (Lipinski definition) is 4. The minimum absolute atomic E-state index is 0.284. The van der Waals surface area contributed by atoms with Crippen molar-refractivity contribution in [2.24, 2.45) is 0 Å². The van der Waals surface area contributed by atoms with Crippen molar-refractivity contribution in [2.75, 3.05) is 12.4 Å². The molecule has 2 heterocycles. The van der Waals surface area contributed by atoms with E-state index in [4.69, 9.17) is 27.9 Å². The fourth-order valence-corrected chi connectivity index (χ4v) is 4.83. The molecule has 0 aliphatic heterocycles. The number of methoxy groups -OCH3 is 1. The van der Waals surface area contributed by atoms with Crippen LogP contribution in [0, 0.1) is 6.92 Å². The molecule has 0 spiro atoms. The molecule has 136 valence electrons. The van der Waals surface area contributed by atoms with Crippen molar-refractivity contribution in [3.8, 4) is 5.75 Å². The molecule has 27 heavy (non-hydrogen) atoms. The first-order chi connectivity index (χ1) is 13.0. The molecule has 0 saturated carbocycles. The van der Waals surface area contributed by atoms with Gasteiger partial charge in [0.2, 0.25) is 0 Å². The molecule has 1 N–H and O–H groups in total. The number of aromatic nitrogens is 1. The minimum atomic E-state index is -0.293. The van der Waals surface area contributed by atoms with E-state index in [0.29, 0.717) is 11.3 Å². The smallest absolute Gasteiger partial charge is 0.256 e. The number of thiophene rings is 1. The van der Waals surface area contributed by atoms with Gasteiger partial charge in [-0.2, -0.15) is 0 Å². The van der Waals surface area contributed by atoms with Gasteiger partial charge in [-0.3, -0.25) is 9.78 Å². The predicted molar refractivity (Wildman–Crippen MR) is 113 cm³/mol. The Labute approximate surface area is 169 Å². The van der Waals surface area contributed by atoms with Crippen LogP contribution in [0.2, 0.25) is 10.0 Å². The molecule has 0 aliphatic rings. The molecule has 0 bridgehead atoms. The van der Waals surface area contributed by atoms with Crippen LogP contribution in [-0.4, -0.2) is 18.0 Å². The summed E-state index contributed by atoms with van der Waals surface area (Å²) in [6, 6.07) is 9.62. The first kappa shape index (κ1) is 18.0. The number of ether oxygens (including phenoxy) is 1. The van der Waals surface area contributed by atoms with Crippen LogP contribution in [0.15, 0.2) is 42.7 Å². The summed E-state index contributed by atoms with van der Waals surface area (Å²) in [7, 11) is 1.63. The summed E-state index contributed by atoms with van der Waals surface area (Å²) < 4.78 is 7.58. The Morgan fingerprint density at radius 2 is 1.85 bits per heavy atom. The quantitative estimate of drug-likeness (QED) is 0.424. The van der Waals surface area contributed by atoms with Gasteiger partial charge in [-0.05, 0) is 24.6 Å². The largest absolute Gasteiger partial charge is 0.495 e. The topological polar surface area (TPSA) is 51.2 Å². The molecular formula is C20H14Cl2N2O2S. The average molecular weight is 417 g/mol. The van der Waals surface area contributed by atoms with Gasteiger partial charge < -0.3 is 10.1 Å². The lowest BCUT2D eigenvalue weighted by atomic mass is 10.0. The van der Waals surface area contributed by atoms with Crippen LogP contribution in [0.25, 0.3) is 20.2 Å². The van der Waals surface area contributed by atoms with Gasteiger partial charge in [0.25, 0.3) is 5.91 Å². The molecule has 4 aromatic rings. The van der Waals surface area contributed by atoms with Crippen molar-refractivity contribution in [3.05, 3.63) is 63.9 Å². The van der Waals surface area contributed by atoms with E-state index >= 15 is 0 Å². The van der Waals surface area contributed by atoms with Gasteiger partial charge in [-0.15, -0.1) is 11.3 Å². The van der Waals surface area contributed by atoms with Gasteiger partial charge in [0.1, 0.15) is 5.75 Å². The molecule has 7 heteroatoms. The predicted octanol–water partition coefficient (Wildman–Crippen LogP) is 6.33. The molecular weight excluding hydrogens is 403 g/mol. The number of halogens is 2. The fraction of sp³-hybridized carbons (Fsp3) is 0.100. The summed E-state index contributed by atoms with van der Waals surface area (Å²) in [5.74, 6) is 0.445. The number of hydrogen-bond donors (Lipinski definition) is 1.